The Morgan fingerprint density at radius 1 is 0.735 bits per heavy atom. The highest BCUT2D eigenvalue weighted by Crippen LogP contribution is 2.44. The van der Waals surface area contributed by atoms with Gasteiger partial charge in [0, 0.05) is 40.0 Å². The summed E-state index contributed by atoms with van der Waals surface area (Å²) in [6, 6.07) is 14.2. The van der Waals surface area contributed by atoms with Gasteiger partial charge in [-0.1, -0.05) is 48.5 Å². The Bertz CT molecular complexity index is 1560. The average molecular weight is 684 g/mol. The maximum Gasteiger partial charge on any atom is 0.410 e. The first-order valence-electron chi connectivity index (χ1n) is 15.6. The van der Waals surface area contributed by atoms with E-state index in [0.717, 1.165) is 54.8 Å². The van der Waals surface area contributed by atoms with Crippen molar-refractivity contribution >= 4 is 35.9 Å². The minimum absolute atomic E-state index is 0.0408. The van der Waals surface area contributed by atoms with Crippen LogP contribution < -0.4 is 0 Å². The standard InChI is InChI=1S/C34H37NO14/c1-17(36)43-16-28-29(45-18(2)37)30(46-19(3)38)31(47-20(4)39)33(49-28)48-21-13-27(32(40)41)35(14-21)34(42)44-15-26-24-11-7-5-9-22(24)23-10-6-8-12-25(23)26/h5-12,21,26-31,33H,13-16H2,1-4H3,(H,40,41)/t21-,27+,28-,29-,30+,31+,33+/m1/s1. The highest BCUT2D eigenvalue weighted by Gasteiger charge is 2.54. The van der Waals surface area contributed by atoms with Crippen LogP contribution in [0.3, 0.4) is 0 Å². The zero-order valence-electron chi connectivity index (χ0n) is 27.3. The number of benzene rings is 2. The van der Waals surface area contributed by atoms with Crippen molar-refractivity contribution in [3.63, 3.8) is 0 Å². The number of hydrogen-bond acceptors (Lipinski definition) is 13. The van der Waals surface area contributed by atoms with E-state index >= 15 is 0 Å². The van der Waals surface area contributed by atoms with E-state index in [9.17, 15) is 33.9 Å². The molecule has 1 N–H and O–H groups in total. The first-order valence-corrected chi connectivity index (χ1v) is 15.6. The van der Waals surface area contributed by atoms with Gasteiger partial charge in [-0.05, 0) is 22.3 Å². The van der Waals surface area contributed by atoms with Gasteiger partial charge in [-0.2, -0.15) is 0 Å². The Kier molecular flexibility index (Phi) is 10.8. The first kappa shape index (κ1) is 35.3. The lowest BCUT2D eigenvalue weighted by molar-refractivity contribution is -0.315. The fraction of sp³-hybridized carbons (Fsp3) is 0.471. The van der Waals surface area contributed by atoms with Crippen molar-refractivity contribution in [1.82, 2.24) is 4.90 Å². The number of esters is 4. The normalized spacial score (nSPS) is 25.8. The van der Waals surface area contributed by atoms with Gasteiger partial charge in [0.25, 0.3) is 0 Å². The first-order chi connectivity index (χ1) is 23.3. The molecule has 0 unspecified atom stereocenters. The van der Waals surface area contributed by atoms with Crippen LogP contribution in [0.15, 0.2) is 48.5 Å². The second kappa shape index (κ2) is 15.0. The zero-order chi connectivity index (χ0) is 35.4. The summed E-state index contributed by atoms with van der Waals surface area (Å²) in [5.74, 6) is -4.69. The Balaban J connectivity index is 1.35. The van der Waals surface area contributed by atoms with Crippen molar-refractivity contribution < 1.29 is 67.0 Å². The van der Waals surface area contributed by atoms with Crippen LogP contribution in [0, 0.1) is 0 Å². The van der Waals surface area contributed by atoms with E-state index in [4.69, 9.17) is 33.2 Å². The molecule has 0 aromatic heterocycles. The second-order valence-corrected chi connectivity index (χ2v) is 11.9. The number of carbonyl (C=O) groups is 6. The number of ether oxygens (including phenoxy) is 7. The van der Waals surface area contributed by atoms with Crippen LogP contribution in [0.25, 0.3) is 11.1 Å². The number of carboxylic acids is 1. The summed E-state index contributed by atoms with van der Waals surface area (Å²) < 4.78 is 39.1. The Morgan fingerprint density at radius 2 is 1.29 bits per heavy atom. The number of hydrogen-bond donors (Lipinski definition) is 1. The maximum atomic E-state index is 13.4. The van der Waals surface area contributed by atoms with Crippen molar-refractivity contribution in [2.24, 2.45) is 0 Å². The van der Waals surface area contributed by atoms with E-state index in [-0.39, 0.29) is 25.5 Å². The average Bonchev–Trinajstić information content (AvgIpc) is 3.61. The number of fused-ring (bicyclic) bond motifs is 3. The molecule has 5 rings (SSSR count). The molecule has 2 aromatic rings. The molecule has 1 aliphatic carbocycles. The molecular formula is C34H37NO14. The monoisotopic (exact) mass is 683 g/mol. The van der Waals surface area contributed by atoms with Gasteiger partial charge in [0.15, 0.2) is 24.6 Å². The van der Waals surface area contributed by atoms with Crippen molar-refractivity contribution in [3.05, 3.63) is 59.7 Å². The molecule has 3 aliphatic rings. The molecule has 2 saturated heterocycles. The molecule has 15 nitrogen and oxygen atoms in total. The van der Waals surface area contributed by atoms with E-state index in [1.165, 1.54) is 0 Å². The molecule has 0 saturated carbocycles. The largest absolute Gasteiger partial charge is 0.480 e. The van der Waals surface area contributed by atoms with Crippen LogP contribution in [0.4, 0.5) is 4.79 Å². The molecule has 1 amide bonds. The lowest BCUT2D eigenvalue weighted by Gasteiger charge is -2.44. The summed E-state index contributed by atoms with van der Waals surface area (Å²) in [4.78, 5) is 74.7. The lowest BCUT2D eigenvalue weighted by Crippen LogP contribution is -2.63. The van der Waals surface area contributed by atoms with E-state index in [1.807, 2.05) is 48.5 Å². The molecule has 15 heteroatoms. The predicted molar refractivity (Wildman–Crippen MR) is 165 cm³/mol. The summed E-state index contributed by atoms with van der Waals surface area (Å²) >= 11 is 0. The summed E-state index contributed by atoms with van der Waals surface area (Å²) in [7, 11) is 0. The summed E-state index contributed by atoms with van der Waals surface area (Å²) in [6.45, 7) is 3.66. The van der Waals surface area contributed by atoms with Crippen molar-refractivity contribution in [2.45, 2.75) is 82.9 Å². The maximum absolute atomic E-state index is 13.4. The molecule has 0 spiro atoms. The molecule has 0 radical (unpaired) electrons. The number of aliphatic carboxylic acids is 1. The van der Waals surface area contributed by atoms with Crippen LogP contribution in [0.1, 0.15) is 51.2 Å². The van der Waals surface area contributed by atoms with E-state index in [2.05, 4.69) is 0 Å². The number of likely N-dealkylation sites (tertiary alicyclic amines) is 1. The molecule has 2 aliphatic heterocycles. The van der Waals surface area contributed by atoms with E-state index in [0.29, 0.717) is 0 Å². The van der Waals surface area contributed by atoms with Gasteiger partial charge < -0.3 is 38.3 Å². The van der Waals surface area contributed by atoms with Crippen molar-refractivity contribution in [3.8, 4) is 11.1 Å². The second-order valence-electron chi connectivity index (χ2n) is 11.9. The molecule has 7 atom stereocenters. The third-order valence-electron chi connectivity index (χ3n) is 8.39. The third-order valence-corrected chi connectivity index (χ3v) is 8.39. The van der Waals surface area contributed by atoms with Crippen LogP contribution in [-0.2, 0) is 57.1 Å². The SMILES string of the molecule is CC(=O)OC[C@H]1O[C@H](O[C@@H]2C[C@@H](C(=O)O)N(C(=O)OCC3c4ccccc4-c4ccccc43)C2)[C@@H](OC(C)=O)[C@@H](OC(C)=O)[C@@H]1OC(C)=O. The van der Waals surface area contributed by atoms with Gasteiger partial charge in [-0.3, -0.25) is 24.1 Å². The van der Waals surface area contributed by atoms with Gasteiger partial charge in [0.2, 0.25) is 0 Å². The quantitative estimate of drug-likeness (QED) is 0.284. The minimum atomic E-state index is -1.54. The van der Waals surface area contributed by atoms with Crippen molar-refractivity contribution in [2.75, 3.05) is 19.8 Å². The highest BCUT2D eigenvalue weighted by atomic mass is 16.7. The molecule has 262 valence electrons. The number of amides is 1. The summed E-state index contributed by atoms with van der Waals surface area (Å²) in [6.07, 6.45) is -9.24. The Labute approximate surface area is 281 Å². The van der Waals surface area contributed by atoms with Gasteiger partial charge in [0.05, 0.1) is 12.6 Å². The smallest absolute Gasteiger partial charge is 0.410 e. The number of carboxylic acid groups (broad SMARTS) is 1. The summed E-state index contributed by atoms with van der Waals surface area (Å²) in [5.41, 5.74) is 4.03. The van der Waals surface area contributed by atoms with Gasteiger partial charge in [0.1, 0.15) is 25.4 Å². The number of rotatable bonds is 10. The lowest BCUT2D eigenvalue weighted by atomic mass is 9.98. The van der Waals surface area contributed by atoms with Crippen molar-refractivity contribution in [1.29, 1.82) is 0 Å². The van der Waals surface area contributed by atoms with E-state index in [1.54, 1.807) is 0 Å². The van der Waals surface area contributed by atoms with Gasteiger partial charge in [-0.25, -0.2) is 9.59 Å². The van der Waals surface area contributed by atoms with Crippen LogP contribution in [0.2, 0.25) is 0 Å². The van der Waals surface area contributed by atoms with Crippen LogP contribution in [0.5, 0.6) is 0 Å². The number of nitrogens with zero attached hydrogens (tertiary/aromatic N) is 1. The minimum Gasteiger partial charge on any atom is -0.480 e. The predicted octanol–water partition coefficient (Wildman–Crippen LogP) is 2.56. The topological polar surface area (TPSA) is 190 Å². The fourth-order valence-electron chi connectivity index (χ4n) is 6.50. The third kappa shape index (κ3) is 8.00. The molecule has 0 bridgehead atoms. The van der Waals surface area contributed by atoms with E-state index < -0.39 is 85.4 Å². The fourth-order valence-corrected chi connectivity index (χ4v) is 6.50. The van der Waals surface area contributed by atoms with Crippen LogP contribution >= 0.6 is 0 Å². The molecule has 2 aromatic carbocycles. The molecular weight excluding hydrogens is 646 g/mol. The summed E-state index contributed by atoms with van der Waals surface area (Å²) in [5, 5.41) is 10.0. The number of carbonyl (C=O) groups excluding carboxylic acids is 5. The van der Waals surface area contributed by atoms with Crippen LogP contribution in [-0.4, -0.2) is 109 Å². The zero-order valence-corrected chi connectivity index (χ0v) is 27.3. The molecule has 2 heterocycles. The molecule has 49 heavy (non-hydrogen) atoms. The Hall–Kier alpha value is -5.02. The van der Waals surface area contributed by atoms with Gasteiger partial charge >= 0.3 is 35.9 Å². The Morgan fingerprint density at radius 3 is 1.84 bits per heavy atom. The highest BCUT2D eigenvalue weighted by molar-refractivity contribution is 5.82. The molecule has 2 fully saturated rings. The van der Waals surface area contributed by atoms with Gasteiger partial charge in [-0.15, -0.1) is 0 Å².